The number of nitrogens with two attached hydrogens (primary N) is 1. The van der Waals surface area contributed by atoms with Crippen LogP contribution in [0.5, 0.6) is 0 Å². The van der Waals surface area contributed by atoms with E-state index in [0.717, 1.165) is 22.5 Å². The van der Waals surface area contributed by atoms with Crippen LogP contribution in [0.25, 0.3) is 11.3 Å². The third kappa shape index (κ3) is 2.34. The van der Waals surface area contributed by atoms with E-state index in [4.69, 9.17) is 5.73 Å². The lowest BCUT2D eigenvalue weighted by molar-refractivity contribution is 0.864. The van der Waals surface area contributed by atoms with E-state index in [1.807, 2.05) is 44.1 Å². The lowest BCUT2D eigenvalue weighted by atomic mass is 10.0. The van der Waals surface area contributed by atoms with E-state index in [2.05, 4.69) is 6.07 Å². The highest BCUT2D eigenvalue weighted by Gasteiger charge is 2.11. The Kier molecular flexibility index (Phi) is 3.34. The summed E-state index contributed by atoms with van der Waals surface area (Å²) in [7, 11) is 5.75. The van der Waals surface area contributed by atoms with Crippen molar-refractivity contribution in [1.29, 1.82) is 0 Å². The van der Waals surface area contributed by atoms with Crippen LogP contribution in [0.1, 0.15) is 5.56 Å². The first kappa shape index (κ1) is 13.2. The van der Waals surface area contributed by atoms with Gasteiger partial charge in [0.25, 0.3) is 5.56 Å². The smallest absolute Gasteiger partial charge is 0.252 e. The van der Waals surface area contributed by atoms with E-state index >= 15 is 0 Å². The summed E-state index contributed by atoms with van der Waals surface area (Å²) in [5, 5.41) is 0. The van der Waals surface area contributed by atoms with E-state index < -0.39 is 0 Å². The van der Waals surface area contributed by atoms with Gasteiger partial charge < -0.3 is 15.2 Å². The fourth-order valence-corrected chi connectivity index (χ4v) is 2.18. The summed E-state index contributed by atoms with van der Waals surface area (Å²) in [4.78, 5) is 13.9. The van der Waals surface area contributed by atoms with Crippen LogP contribution in [0, 0.1) is 6.92 Å². The van der Waals surface area contributed by atoms with Gasteiger partial charge in [0.15, 0.2) is 0 Å². The van der Waals surface area contributed by atoms with Gasteiger partial charge in [-0.1, -0.05) is 12.1 Å². The summed E-state index contributed by atoms with van der Waals surface area (Å²) in [5.74, 6) is 0. The van der Waals surface area contributed by atoms with Crippen molar-refractivity contribution >= 4 is 11.4 Å². The van der Waals surface area contributed by atoms with E-state index in [9.17, 15) is 4.79 Å². The molecule has 0 radical (unpaired) electrons. The Morgan fingerprint density at radius 3 is 2.53 bits per heavy atom. The minimum atomic E-state index is -0.0895. The number of pyridine rings is 1. The third-order valence-corrected chi connectivity index (χ3v) is 3.37. The SMILES string of the molecule is Cc1c(N)cc(=O)n(C)c1-c1cccc(N(C)C)c1. The van der Waals surface area contributed by atoms with Crippen LogP contribution >= 0.6 is 0 Å². The van der Waals surface area contributed by atoms with E-state index in [-0.39, 0.29) is 5.56 Å². The van der Waals surface area contributed by atoms with Crippen molar-refractivity contribution in [2.45, 2.75) is 6.92 Å². The lowest BCUT2D eigenvalue weighted by Crippen LogP contribution is -2.20. The molecule has 1 aromatic heterocycles. The van der Waals surface area contributed by atoms with Crippen LogP contribution < -0.4 is 16.2 Å². The van der Waals surface area contributed by atoms with Crippen LogP contribution in [-0.4, -0.2) is 18.7 Å². The predicted octanol–water partition coefficient (Wildman–Crippen LogP) is 2.01. The molecule has 0 saturated heterocycles. The fourth-order valence-electron chi connectivity index (χ4n) is 2.18. The second-order valence-electron chi connectivity index (χ2n) is 4.92. The van der Waals surface area contributed by atoms with Crippen LogP contribution in [0.2, 0.25) is 0 Å². The molecule has 2 N–H and O–H groups in total. The van der Waals surface area contributed by atoms with Crippen molar-refractivity contribution < 1.29 is 0 Å². The summed E-state index contributed by atoms with van der Waals surface area (Å²) in [6, 6.07) is 9.53. The molecule has 0 fully saturated rings. The molecular formula is C15H19N3O. The maximum atomic E-state index is 11.9. The fraction of sp³-hybridized carbons (Fsp3) is 0.267. The van der Waals surface area contributed by atoms with Crippen molar-refractivity contribution in [1.82, 2.24) is 4.57 Å². The van der Waals surface area contributed by atoms with Gasteiger partial charge in [-0.15, -0.1) is 0 Å². The molecular weight excluding hydrogens is 238 g/mol. The number of hydrogen-bond donors (Lipinski definition) is 1. The molecule has 1 heterocycles. The molecule has 0 amide bonds. The Hall–Kier alpha value is -2.23. The zero-order valence-corrected chi connectivity index (χ0v) is 11.8. The van der Waals surface area contributed by atoms with E-state index in [0.29, 0.717) is 5.69 Å². The largest absolute Gasteiger partial charge is 0.398 e. The molecule has 0 saturated carbocycles. The number of rotatable bonds is 2. The summed E-state index contributed by atoms with van der Waals surface area (Å²) in [6.45, 7) is 1.94. The van der Waals surface area contributed by atoms with Gasteiger partial charge >= 0.3 is 0 Å². The van der Waals surface area contributed by atoms with Gasteiger partial charge in [-0.2, -0.15) is 0 Å². The number of benzene rings is 1. The zero-order chi connectivity index (χ0) is 14.2. The molecule has 0 spiro atoms. The molecule has 19 heavy (non-hydrogen) atoms. The third-order valence-electron chi connectivity index (χ3n) is 3.37. The molecule has 1 aromatic carbocycles. The molecule has 4 heteroatoms. The molecule has 0 aliphatic heterocycles. The molecule has 2 aromatic rings. The first-order valence-corrected chi connectivity index (χ1v) is 6.15. The zero-order valence-electron chi connectivity index (χ0n) is 11.8. The molecule has 100 valence electrons. The van der Waals surface area contributed by atoms with Crippen molar-refractivity contribution in [2.24, 2.45) is 7.05 Å². The predicted molar refractivity (Wildman–Crippen MR) is 80.6 cm³/mol. The number of hydrogen-bond acceptors (Lipinski definition) is 3. The van der Waals surface area contributed by atoms with E-state index in [1.54, 1.807) is 11.6 Å². The maximum absolute atomic E-state index is 11.9. The highest BCUT2D eigenvalue weighted by Crippen LogP contribution is 2.27. The molecule has 0 aliphatic rings. The molecule has 0 atom stereocenters. The second kappa shape index (κ2) is 4.80. The van der Waals surface area contributed by atoms with Crippen LogP contribution in [-0.2, 0) is 7.05 Å². The maximum Gasteiger partial charge on any atom is 0.252 e. The van der Waals surface area contributed by atoms with Crippen LogP contribution in [0.4, 0.5) is 11.4 Å². The first-order valence-electron chi connectivity index (χ1n) is 6.15. The Morgan fingerprint density at radius 2 is 1.89 bits per heavy atom. The highest BCUT2D eigenvalue weighted by atomic mass is 16.1. The summed E-state index contributed by atoms with van der Waals surface area (Å²) >= 11 is 0. The van der Waals surface area contributed by atoms with Crippen molar-refractivity contribution in [3.63, 3.8) is 0 Å². The summed E-state index contributed by atoms with van der Waals surface area (Å²) in [5.41, 5.74) is 10.2. The first-order chi connectivity index (χ1) is 8.91. The normalized spacial score (nSPS) is 10.5. The van der Waals surface area contributed by atoms with Crippen molar-refractivity contribution in [2.75, 3.05) is 24.7 Å². The molecule has 0 aliphatic carbocycles. The topological polar surface area (TPSA) is 51.3 Å². The minimum Gasteiger partial charge on any atom is -0.398 e. The Labute approximate surface area is 113 Å². The summed E-state index contributed by atoms with van der Waals surface area (Å²) in [6.07, 6.45) is 0. The molecule has 0 bridgehead atoms. The quantitative estimate of drug-likeness (QED) is 0.895. The van der Waals surface area contributed by atoms with E-state index in [1.165, 1.54) is 6.07 Å². The van der Waals surface area contributed by atoms with Gasteiger partial charge in [-0.05, 0) is 24.6 Å². The number of nitrogens with zero attached hydrogens (tertiary/aromatic N) is 2. The van der Waals surface area contributed by atoms with Gasteiger partial charge in [-0.3, -0.25) is 4.79 Å². The monoisotopic (exact) mass is 257 g/mol. The van der Waals surface area contributed by atoms with Crippen molar-refractivity contribution in [3.05, 3.63) is 46.2 Å². The Bertz CT molecular complexity index is 672. The Morgan fingerprint density at radius 1 is 1.21 bits per heavy atom. The lowest BCUT2D eigenvalue weighted by Gasteiger charge is -2.17. The molecule has 2 rings (SSSR count). The van der Waals surface area contributed by atoms with Gasteiger partial charge in [0.05, 0.1) is 5.69 Å². The average Bonchev–Trinajstić information content (AvgIpc) is 2.37. The second-order valence-corrected chi connectivity index (χ2v) is 4.92. The van der Waals surface area contributed by atoms with Crippen molar-refractivity contribution in [3.8, 4) is 11.3 Å². The molecule has 4 nitrogen and oxygen atoms in total. The summed E-state index contributed by atoms with van der Waals surface area (Å²) < 4.78 is 1.64. The van der Waals surface area contributed by atoms with Crippen LogP contribution in [0.15, 0.2) is 35.1 Å². The standard InChI is InChI=1S/C15H19N3O/c1-10-13(16)9-14(19)18(4)15(10)11-6-5-7-12(8-11)17(2)3/h5-9H,16H2,1-4H3. The number of anilines is 2. The van der Waals surface area contributed by atoms with Gasteiger partial charge in [0.2, 0.25) is 0 Å². The average molecular weight is 257 g/mol. The van der Waals surface area contributed by atoms with Gasteiger partial charge in [0, 0.05) is 44.1 Å². The van der Waals surface area contributed by atoms with Crippen LogP contribution in [0.3, 0.4) is 0 Å². The number of aromatic nitrogens is 1. The van der Waals surface area contributed by atoms with Gasteiger partial charge in [0.1, 0.15) is 0 Å². The number of nitrogen functional groups attached to an aromatic ring is 1. The minimum absolute atomic E-state index is 0.0895. The molecule has 0 unspecified atom stereocenters. The Balaban J connectivity index is 2.72. The highest BCUT2D eigenvalue weighted by molar-refractivity contribution is 5.72. The van der Waals surface area contributed by atoms with Gasteiger partial charge in [-0.25, -0.2) is 0 Å².